The van der Waals surface area contributed by atoms with Crippen LogP contribution in [0.3, 0.4) is 0 Å². The van der Waals surface area contributed by atoms with E-state index in [1.807, 2.05) is 0 Å². The number of rotatable bonds is 0. The second-order valence-electron chi connectivity index (χ2n) is 2.50. The van der Waals surface area contributed by atoms with Crippen LogP contribution in [-0.2, 0) is 0 Å². The van der Waals surface area contributed by atoms with Crippen LogP contribution in [0.5, 0.6) is 0 Å². The minimum atomic E-state index is 0. The molecule has 1 rings (SSSR count). The summed E-state index contributed by atoms with van der Waals surface area (Å²) in [6.45, 7) is 0. The van der Waals surface area contributed by atoms with Crippen LogP contribution in [0.25, 0.3) is 0 Å². The van der Waals surface area contributed by atoms with Gasteiger partial charge in [-0.15, -0.1) is 12.3 Å². The molecule has 0 aliphatic heterocycles. The summed E-state index contributed by atoms with van der Waals surface area (Å²) in [5, 5.41) is 0. The summed E-state index contributed by atoms with van der Waals surface area (Å²) < 4.78 is 0. The van der Waals surface area contributed by atoms with Crippen LogP contribution < -0.4 is 24.8 Å². The average molecular weight is 203 g/mol. The predicted molar refractivity (Wildman–Crippen MR) is 41.2 cm³/mol. The first-order valence-electron chi connectivity index (χ1n) is 3.39. The van der Waals surface area contributed by atoms with Gasteiger partial charge in [0.05, 0.1) is 0 Å². The standard InChI is InChI=1S/C8H12.2ClH.Mg/c1-2-8-6-4-3-5-7-8;;;/h1,8H,3-7H2;2*1H;/q;;;+2/p-2. The van der Waals surface area contributed by atoms with E-state index < -0.39 is 0 Å². The van der Waals surface area contributed by atoms with Crippen molar-refractivity contribution in [2.45, 2.75) is 32.1 Å². The van der Waals surface area contributed by atoms with E-state index in [0.717, 1.165) is 0 Å². The zero-order valence-corrected chi connectivity index (χ0v) is 9.58. The maximum absolute atomic E-state index is 5.25. The molecule has 0 atom stereocenters. The second kappa shape index (κ2) is 10.9. The smallest absolute Gasteiger partial charge is 1.00 e. The zero-order valence-electron chi connectivity index (χ0n) is 6.65. The quantitative estimate of drug-likeness (QED) is 0.277. The van der Waals surface area contributed by atoms with Crippen molar-refractivity contribution in [2.75, 3.05) is 0 Å². The first-order chi connectivity index (χ1) is 3.93. The van der Waals surface area contributed by atoms with Gasteiger partial charge in [0.1, 0.15) is 0 Å². The molecule has 3 heteroatoms. The molecule has 0 bridgehead atoms. The van der Waals surface area contributed by atoms with Gasteiger partial charge < -0.3 is 24.8 Å². The summed E-state index contributed by atoms with van der Waals surface area (Å²) in [4.78, 5) is 0. The molecule has 0 spiro atoms. The van der Waals surface area contributed by atoms with Gasteiger partial charge in [0.2, 0.25) is 0 Å². The van der Waals surface area contributed by atoms with Crippen LogP contribution in [0, 0.1) is 18.3 Å². The molecule has 1 fully saturated rings. The Labute approximate surface area is 97.9 Å². The summed E-state index contributed by atoms with van der Waals surface area (Å²) in [7, 11) is 0. The molecule has 1 aliphatic rings. The number of halogens is 2. The van der Waals surface area contributed by atoms with Gasteiger partial charge >= 0.3 is 23.1 Å². The fraction of sp³-hybridized carbons (Fsp3) is 0.750. The molecule has 0 saturated heterocycles. The molecule has 0 aromatic carbocycles. The van der Waals surface area contributed by atoms with Gasteiger partial charge in [0.25, 0.3) is 0 Å². The van der Waals surface area contributed by atoms with Crippen molar-refractivity contribution < 1.29 is 24.8 Å². The third kappa shape index (κ3) is 7.27. The molecule has 0 unspecified atom stereocenters. The van der Waals surface area contributed by atoms with Gasteiger partial charge in [0, 0.05) is 5.92 Å². The number of hydrogen-bond donors (Lipinski definition) is 0. The molecule has 60 valence electrons. The van der Waals surface area contributed by atoms with Crippen molar-refractivity contribution in [3.8, 4) is 12.3 Å². The van der Waals surface area contributed by atoms with E-state index in [1.54, 1.807) is 0 Å². The Kier molecular flexibility index (Phi) is 17.7. The molecule has 1 aliphatic carbocycles. The maximum atomic E-state index is 5.25. The summed E-state index contributed by atoms with van der Waals surface area (Å²) in [5.74, 6) is 3.42. The first-order valence-corrected chi connectivity index (χ1v) is 3.39. The van der Waals surface area contributed by atoms with Crippen molar-refractivity contribution in [3.63, 3.8) is 0 Å². The van der Waals surface area contributed by atoms with E-state index in [-0.39, 0.29) is 47.9 Å². The first kappa shape index (κ1) is 17.9. The molecule has 11 heavy (non-hydrogen) atoms. The van der Waals surface area contributed by atoms with Crippen molar-refractivity contribution in [3.05, 3.63) is 0 Å². The summed E-state index contributed by atoms with van der Waals surface area (Å²) in [6, 6.07) is 0. The molecule has 1 saturated carbocycles. The monoisotopic (exact) mass is 202 g/mol. The van der Waals surface area contributed by atoms with E-state index >= 15 is 0 Å². The minimum absolute atomic E-state index is 0. The Morgan fingerprint density at radius 3 is 1.73 bits per heavy atom. The average Bonchev–Trinajstić information content (AvgIpc) is 1.90. The van der Waals surface area contributed by atoms with Gasteiger partial charge in [-0.05, 0) is 12.8 Å². The molecule has 0 aromatic rings. The molecule has 0 nitrogen and oxygen atoms in total. The Hall–Kier alpha value is 0.906. The van der Waals surface area contributed by atoms with Gasteiger partial charge in [-0.1, -0.05) is 19.3 Å². The SMILES string of the molecule is C#CC1CCCCC1.[Cl-].[Cl-].[Mg+2]. The van der Waals surface area contributed by atoms with Crippen molar-refractivity contribution >= 4 is 23.1 Å². The van der Waals surface area contributed by atoms with Crippen LogP contribution in [0.4, 0.5) is 0 Å². The van der Waals surface area contributed by atoms with Crippen molar-refractivity contribution in [2.24, 2.45) is 5.92 Å². The molecule has 0 heterocycles. The third-order valence-electron chi connectivity index (χ3n) is 1.84. The molecule has 0 N–H and O–H groups in total. The normalized spacial score (nSPS) is 16.3. The summed E-state index contributed by atoms with van der Waals surface area (Å²) in [6.07, 6.45) is 11.9. The second-order valence-corrected chi connectivity index (χ2v) is 2.50. The zero-order chi connectivity index (χ0) is 5.82. The topological polar surface area (TPSA) is 0 Å². The van der Waals surface area contributed by atoms with Gasteiger partial charge in [-0.3, -0.25) is 0 Å². The van der Waals surface area contributed by atoms with Crippen LogP contribution in [-0.4, -0.2) is 23.1 Å². The van der Waals surface area contributed by atoms with E-state index in [0.29, 0.717) is 5.92 Å². The Morgan fingerprint density at radius 1 is 1.00 bits per heavy atom. The molecule has 0 aromatic heterocycles. The van der Waals surface area contributed by atoms with E-state index in [1.165, 1.54) is 32.1 Å². The molecule has 0 radical (unpaired) electrons. The Balaban J connectivity index is -0.000000213. The largest absolute Gasteiger partial charge is 2.00 e. The fourth-order valence-electron chi connectivity index (χ4n) is 1.27. The van der Waals surface area contributed by atoms with Crippen LogP contribution >= 0.6 is 0 Å². The Bertz CT molecular complexity index is 103. The van der Waals surface area contributed by atoms with Crippen LogP contribution in [0.2, 0.25) is 0 Å². The predicted octanol–water partition coefficient (Wildman–Crippen LogP) is -4.17. The van der Waals surface area contributed by atoms with Crippen LogP contribution in [0.15, 0.2) is 0 Å². The molecular weight excluding hydrogens is 191 g/mol. The van der Waals surface area contributed by atoms with Gasteiger partial charge in [-0.2, -0.15) is 0 Å². The Morgan fingerprint density at radius 2 is 1.45 bits per heavy atom. The summed E-state index contributed by atoms with van der Waals surface area (Å²) in [5.41, 5.74) is 0. The summed E-state index contributed by atoms with van der Waals surface area (Å²) >= 11 is 0. The van der Waals surface area contributed by atoms with Gasteiger partial charge in [0.15, 0.2) is 0 Å². The van der Waals surface area contributed by atoms with Gasteiger partial charge in [-0.25, -0.2) is 0 Å². The molecular formula is C8H12Cl2Mg. The number of hydrogen-bond acceptors (Lipinski definition) is 0. The number of terminal acetylenes is 1. The van der Waals surface area contributed by atoms with Crippen molar-refractivity contribution in [1.82, 2.24) is 0 Å². The maximum Gasteiger partial charge on any atom is 2.00 e. The van der Waals surface area contributed by atoms with Crippen LogP contribution in [0.1, 0.15) is 32.1 Å². The van der Waals surface area contributed by atoms with E-state index in [4.69, 9.17) is 6.42 Å². The molecule has 0 amide bonds. The minimum Gasteiger partial charge on any atom is -1.00 e. The van der Waals surface area contributed by atoms with E-state index in [2.05, 4.69) is 5.92 Å². The fourth-order valence-corrected chi connectivity index (χ4v) is 1.27. The van der Waals surface area contributed by atoms with E-state index in [9.17, 15) is 0 Å². The van der Waals surface area contributed by atoms with Crippen molar-refractivity contribution in [1.29, 1.82) is 0 Å². The third-order valence-corrected chi connectivity index (χ3v) is 1.84.